The van der Waals surface area contributed by atoms with Crippen molar-refractivity contribution in [1.29, 1.82) is 0 Å². The first-order chi connectivity index (χ1) is 19.9. The number of amides is 1. The second kappa shape index (κ2) is 11.9. The number of carbonyl (C=O) groups excluding carboxylic acids is 1. The van der Waals surface area contributed by atoms with E-state index in [1.807, 2.05) is 6.07 Å². The summed E-state index contributed by atoms with van der Waals surface area (Å²) in [6.07, 6.45) is 0.169. The van der Waals surface area contributed by atoms with Crippen LogP contribution in [0.25, 0.3) is 11.2 Å². The summed E-state index contributed by atoms with van der Waals surface area (Å²) in [6.45, 7) is 13.4. The van der Waals surface area contributed by atoms with Gasteiger partial charge in [0.25, 0.3) is 5.56 Å². The van der Waals surface area contributed by atoms with Crippen LogP contribution in [0.3, 0.4) is 0 Å². The summed E-state index contributed by atoms with van der Waals surface area (Å²) in [4.78, 5) is 36.1. The van der Waals surface area contributed by atoms with Gasteiger partial charge in [0.1, 0.15) is 24.8 Å². The fourth-order valence-electron chi connectivity index (χ4n) is 4.70. The molecule has 4 heterocycles. The Morgan fingerprint density at radius 1 is 1.12 bits per heavy atom. The molecule has 0 radical (unpaired) electrons. The van der Waals surface area contributed by atoms with Crippen molar-refractivity contribution in [3.63, 3.8) is 0 Å². The molecule has 2 unspecified atom stereocenters. The van der Waals surface area contributed by atoms with Gasteiger partial charge in [-0.15, -0.1) is 0 Å². The standard InChI is InChI=1S/C29H39N5O7Si/c1-29(2,3)42(5,6)41-21(18-34-26(35)16-31-22-8-10-25(37-4)32-27(22)34)15-30-14-20-17-33(28(36)40-20)19-7-9-23-24(13-19)39-12-11-38-23/h7-10,13,16,20-21,30H,11-12,14-15,17-18H2,1-6H3. The highest BCUT2D eigenvalue weighted by molar-refractivity contribution is 6.74. The zero-order chi connectivity index (χ0) is 30.1. The van der Waals surface area contributed by atoms with Crippen LogP contribution in [-0.2, 0) is 15.7 Å². The largest absolute Gasteiger partial charge is 0.486 e. The third-order valence-corrected chi connectivity index (χ3v) is 12.5. The number of rotatable bonds is 10. The van der Waals surface area contributed by atoms with Gasteiger partial charge in [-0.05, 0) is 36.3 Å². The van der Waals surface area contributed by atoms with E-state index in [1.54, 1.807) is 33.7 Å². The van der Waals surface area contributed by atoms with Gasteiger partial charge in [0, 0.05) is 25.2 Å². The molecule has 0 bridgehead atoms. The lowest BCUT2D eigenvalue weighted by atomic mass is 10.2. The molecule has 3 aromatic rings. The minimum atomic E-state index is -2.22. The van der Waals surface area contributed by atoms with Crippen LogP contribution in [0.5, 0.6) is 17.4 Å². The molecule has 1 N–H and O–H groups in total. The minimum absolute atomic E-state index is 0.0386. The van der Waals surface area contributed by atoms with Crippen LogP contribution in [0.15, 0.2) is 41.3 Å². The van der Waals surface area contributed by atoms with Crippen molar-refractivity contribution in [2.75, 3.05) is 44.9 Å². The Morgan fingerprint density at radius 2 is 1.88 bits per heavy atom. The average Bonchev–Trinajstić information content (AvgIpc) is 3.33. The van der Waals surface area contributed by atoms with Crippen LogP contribution in [0.2, 0.25) is 18.1 Å². The Balaban J connectivity index is 1.29. The van der Waals surface area contributed by atoms with E-state index in [-0.39, 0.29) is 29.4 Å². The SMILES string of the molecule is COc1ccc2ncc(=O)n(CC(CNCC3CN(c4ccc5c(c4)OCCO5)C(=O)O3)O[Si](C)(C)C(C)(C)C)c2n1. The summed E-state index contributed by atoms with van der Waals surface area (Å²) in [5, 5.41) is 3.39. The van der Waals surface area contributed by atoms with Crippen LogP contribution in [0, 0.1) is 0 Å². The maximum absolute atomic E-state index is 13.0. The highest BCUT2D eigenvalue weighted by Crippen LogP contribution is 2.38. The lowest BCUT2D eigenvalue weighted by Gasteiger charge is -2.39. The molecular formula is C29H39N5O7Si. The van der Waals surface area contributed by atoms with E-state index < -0.39 is 14.4 Å². The quantitative estimate of drug-likeness (QED) is 0.347. The number of fused-ring (bicyclic) bond motifs is 2. The number of anilines is 1. The number of nitrogens with one attached hydrogen (secondary N) is 1. The summed E-state index contributed by atoms with van der Waals surface area (Å²) in [5.74, 6) is 1.68. The molecule has 0 saturated carbocycles. The zero-order valence-electron chi connectivity index (χ0n) is 25.0. The van der Waals surface area contributed by atoms with Crippen LogP contribution in [0.1, 0.15) is 20.8 Å². The van der Waals surface area contributed by atoms with Crippen molar-refractivity contribution in [3.05, 3.63) is 46.9 Å². The van der Waals surface area contributed by atoms with Crippen LogP contribution >= 0.6 is 0 Å². The molecular weight excluding hydrogens is 558 g/mol. The molecule has 226 valence electrons. The van der Waals surface area contributed by atoms with Gasteiger partial charge >= 0.3 is 6.09 Å². The van der Waals surface area contributed by atoms with E-state index in [1.165, 1.54) is 13.3 Å². The summed E-state index contributed by atoms with van der Waals surface area (Å²) in [5.41, 5.74) is 1.45. The van der Waals surface area contributed by atoms with E-state index in [9.17, 15) is 9.59 Å². The first kappa shape index (κ1) is 29.8. The van der Waals surface area contributed by atoms with E-state index in [0.29, 0.717) is 67.1 Å². The molecule has 5 rings (SSSR count). The first-order valence-electron chi connectivity index (χ1n) is 14.1. The Bertz CT molecular complexity index is 1510. The summed E-state index contributed by atoms with van der Waals surface area (Å²) < 4.78 is 30.6. The Morgan fingerprint density at radius 3 is 2.62 bits per heavy atom. The molecule has 2 aliphatic rings. The molecule has 1 amide bonds. The van der Waals surface area contributed by atoms with Crippen LogP contribution in [-0.4, -0.2) is 81.1 Å². The Hall–Kier alpha value is -3.68. The van der Waals surface area contributed by atoms with Crippen molar-refractivity contribution in [2.45, 2.75) is 57.7 Å². The molecule has 0 spiro atoms. The van der Waals surface area contributed by atoms with Gasteiger partial charge in [0.05, 0.1) is 38.2 Å². The van der Waals surface area contributed by atoms with Gasteiger partial charge in [-0.3, -0.25) is 14.3 Å². The Kier molecular flexibility index (Phi) is 8.44. The molecule has 1 fully saturated rings. The van der Waals surface area contributed by atoms with E-state index in [4.69, 9.17) is 23.4 Å². The van der Waals surface area contributed by atoms with Gasteiger partial charge in [-0.2, -0.15) is 4.98 Å². The highest BCUT2D eigenvalue weighted by Gasteiger charge is 2.39. The van der Waals surface area contributed by atoms with Gasteiger partial charge in [0.2, 0.25) is 5.88 Å². The van der Waals surface area contributed by atoms with Crippen molar-refractivity contribution in [1.82, 2.24) is 19.9 Å². The van der Waals surface area contributed by atoms with Gasteiger partial charge in [-0.1, -0.05) is 20.8 Å². The van der Waals surface area contributed by atoms with Crippen molar-refractivity contribution >= 4 is 31.3 Å². The summed E-state index contributed by atoms with van der Waals surface area (Å²) >= 11 is 0. The topological polar surface area (TPSA) is 126 Å². The number of carbonyl (C=O) groups is 1. The number of cyclic esters (lactones) is 1. The third kappa shape index (κ3) is 6.37. The van der Waals surface area contributed by atoms with E-state index >= 15 is 0 Å². The average molecular weight is 598 g/mol. The van der Waals surface area contributed by atoms with Gasteiger partial charge < -0.3 is 28.7 Å². The molecule has 2 aromatic heterocycles. The highest BCUT2D eigenvalue weighted by atomic mass is 28.4. The molecule has 2 aliphatic heterocycles. The third-order valence-electron chi connectivity index (χ3n) is 7.98. The Labute approximate surface area is 246 Å². The minimum Gasteiger partial charge on any atom is -0.486 e. The summed E-state index contributed by atoms with van der Waals surface area (Å²) in [7, 11) is -0.683. The lowest BCUT2D eigenvalue weighted by Crippen LogP contribution is -2.49. The number of ether oxygens (including phenoxy) is 4. The molecule has 42 heavy (non-hydrogen) atoms. The number of aromatic nitrogens is 3. The van der Waals surface area contributed by atoms with Crippen molar-refractivity contribution in [3.8, 4) is 17.4 Å². The van der Waals surface area contributed by atoms with Crippen molar-refractivity contribution < 1.29 is 28.2 Å². The molecule has 1 saturated heterocycles. The lowest BCUT2D eigenvalue weighted by molar-refractivity contribution is 0.129. The summed E-state index contributed by atoms with van der Waals surface area (Å²) in [6, 6.07) is 8.93. The van der Waals surface area contributed by atoms with E-state index in [2.05, 4.69) is 49.1 Å². The number of hydrogen-bond donors (Lipinski definition) is 1. The van der Waals surface area contributed by atoms with Crippen LogP contribution in [0.4, 0.5) is 10.5 Å². The zero-order valence-corrected chi connectivity index (χ0v) is 26.0. The predicted molar refractivity (Wildman–Crippen MR) is 160 cm³/mol. The monoisotopic (exact) mass is 597 g/mol. The molecule has 0 aliphatic carbocycles. The van der Waals surface area contributed by atoms with E-state index in [0.717, 1.165) is 0 Å². The van der Waals surface area contributed by atoms with Crippen LogP contribution < -0.4 is 30.0 Å². The second-order valence-corrected chi connectivity index (χ2v) is 16.8. The molecule has 12 nitrogen and oxygen atoms in total. The smallest absolute Gasteiger partial charge is 0.414 e. The predicted octanol–water partition coefficient (Wildman–Crippen LogP) is 3.58. The second-order valence-electron chi connectivity index (χ2n) is 12.0. The van der Waals surface area contributed by atoms with Crippen molar-refractivity contribution in [2.24, 2.45) is 0 Å². The normalized spacial score (nSPS) is 17.8. The maximum Gasteiger partial charge on any atom is 0.414 e. The molecule has 2 atom stereocenters. The fraction of sp³-hybridized carbons (Fsp3) is 0.517. The first-order valence-corrected chi connectivity index (χ1v) is 17.0. The maximum atomic E-state index is 13.0. The number of methoxy groups -OCH3 is 1. The number of hydrogen-bond acceptors (Lipinski definition) is 10. The fourth-order valence-corrected chi connectivity index (χ4v) is 6.04. The molecule has 13 heteroatoms. The molecule has 1 aromatic carbocycles. The van der Waals surface area contributed by atoms with Gasteiger partial charge in [-0.25, -0.2) is 9.78 Å². The van der Waals surface area contributed by atoms with Gasteiger partial charge in [0.15, 0.2) is 25.5 Å². The number of nitrogens with zero attached hydrogens (tertiary/aromatic N) is 4. The number of pyridine rings is 1. The number of benzene rings is 1.